The smallest absolute Gasteiger partial charge is 0.330 e. The Hall–Kier alpha value is -2.93. The first kappa shape index (κ1) is 23.2. The van der Waals surface area contributed by atoms with Crippen LogP contribution >= 0.6 is 0 Å². The van der Waals surface area contributed by atoms with Gasteiger partial charge in [-0.05, 0) is 53.7 Å². The minimum Gasteiger partial charge on any atom is -0.466 e. The Kier molecular flexibility index (Phi) is 7.94. The molecule has 1 aliphatic carbocycles. The Balaban J connectivity index is 1.49. The van der Waals surface area contributed by atoms with E-state index in [-0.39, 0.29) is 12.6 Å². The molecule has 0 saturated carbocycles. The van der Waals surface area contributed by atoms with Crippen LogP contribution in [-0.2, 0) is 27.1 Å². The number of fused-ring (bicyclic) bond motifs is 2. The number of hydrogen-bond donors (Lipinski definition) is 2. The topological polar surface area (TPSA) is 74.8 Å². The summed E-state index contributed by atoms with van der Waals surface area (Å²) in [5.41, 5.74) is 6.19. The van der Waals surface area contributed by atoms with Gasteiger partial charge in [-0.25, -0.2) is 4.79 Å². The second kappa shape index (κ2) is 11.3. The number of aromatic amines is 1. The number of carbonyl (C=O) groups excluding carboxylic acids is 1. The number of H-pyrrole nitrogens is 1. The average molecular weight is 449 g/mol. The molecular weight excluding hydrogens is 416 g/mol. The number of methoxy groups -OCH3 is 1. The molecule has 1 atom stereocenters. The van der Waals surface area contributed by atoms with Gasteiger partial charge in [-0.2, -0.15) is 0 Å². The number of esters is 1. The van der Waals surface area contributed by atoms with Crippen LogP contribution in [0.3, 0.4) is 0 Å². The van der Waals surface area contributed by atoms with E-state index in [1.54, 1.807) is 6.08 Å². The number of nitrogens with zero attached hydrogens (tertiary/aromatic N) is 1. The lowest BCUT2D eigenvalue weighted by atomic mass is 10.0. The van der Waals surface area contributed by atoms with Crippen molar-refractivity contribution in [3.63, 3.8) is 0 Å². The molecule has 2 N–H and O–H groups in total. The summed E-state index contributed by atoms with van der Waals surface area (Å²) in [6.45, 7) is 2.76. The molecule has 0 radical (unpaired) electrons. The number of nitrogens with one attached hydrogen (secondary N) is 1. The molecule has 1 aromatic heterocycles. The highest BCUT2D eigenvalue weighted by Crippen LogP contribution is 2.36. The summed E-state index contributed by atoms with van der Waals surface area (Å²) in [6, 6.07) is 15.2. The summed E-state index contributed by atoms with van der Waals surface area (Å²) in [5.74, 6) is -0.347. The maximum Gasteiger partial charge on any atom is 0.330 e. The van der Waals surface area contributed by atoms with E-state index in [2.05, 4.69) is 58.5 Å². The highest BCUT2D eigenvalue weighted by atomic mass is 16.5. The van der Waals surface area contributed by atoms with Gasteiger partial charge in [0.05, 0.1) is 26.9 Å². The Morgan fingerprint density at radius 2 is 2.09 bits per heavy atom. The summed E-state index contributed by atoms with van der Waals surface area (Å²) >= 11 is 0. The SMILES string of the molecule is COC(=O)/C=C/c1ccc2c(c1)CCC2N(CCOCCO)CCc1c[nH]c2ccccc12. The molecule has 1 heterocycles. The second-order valence-electron chi connectivity index (χ2n) is 8.35. The Labute approximate surface area is 194 Å². The van der Waals surface area contributed by atoms with Gasteiger partial charge in [0, 0.05) is 42.3 Å². The molecule has 0 aliphatic heterocycles. The number of rotatable bonds is 11. The summed E-state index contributed by atoms with van der Waals surface area (Å²) in [6.07, 6.45) is 8.41. The van der Waals surface area contributed by atoms with Gasteiger partial charge in [0.25, 0.3) is 0 Å². The van der Waals surface area contributed by atoms with Gasteiger partial charge in [-0.1, -0.05) is 36.4 Å². The molecule has 2 aromatic carbocycles. The lowest BCUT2D eigenvalue weighted by Gasteiger charge is -2.29. The van der Waals surface area contributed by atoms with E-state index in [0.717, 1.165) is 37.9 Å². The minimum absolute atomic E-state index is 0.0451. The van der Waals surface area contributed by atoms with E-state index in [4.69, 9.17) is 14.6 Å². The van der Waals surface area contributed by atoms with E-state index in [1.807, 2.05) is 0 Å². The van der Waals surface area contributed by atoms with Crippen molar-refractivity contribution in [2.45, 2.75) is 25.3 Å². The van der Waals surface area contributed by atoms with E-state index in [1.165, 1.54) is 40.8 Å². The molecule has 0 fully saturated rings. The molecule has 33 heavy (non-hydrogen) atoms. The van der Waals surface area contributed by atoms with E-state index in [9.17, 15) is 4.79 Å². The van der Waals surface area contributed by atoms with Gasteiger partial charge in [-0.15, -0.1) is 0 Å². The van der Waals surface area contributed by atoms with E-state index >= 15 is 0 Å². The number of para-hydroxylation sites is 1. The van der Waals surface area contributed by atoms with Gasteiger partial charge in [0.1, 0.15) is 0 Å². The number of hydrogen-bond acceptors (Lipinski definition) is 5. The average Bonchev–Trinajstić information content (AvgIpc) is 3.46. The van der Waals surface area contributed by atoms with Crippen molar-refractivity contribution in [2.24, 2.45) is 0 Å². The van der Waals surface area contributed by atoms with Crippen LogP contribution in [0.25, 0.3) is 17.0 Å². The van der Waals surface area contributed by atoms with Crippen LogP contribution in [0.4, 0.5) is 0 Å². The predicted octanol–water partition coefficient (Wildman–Crippen LogP) is 3.90. The fourth-order valence-electron chi connectivity index (χ4n) is 4.70. The standard InChI is InChI=1S/C27H32N2O4/c1-32-27(31)11-7-20-6-9-24-21(18-20)8-10-26(24)29(14-16-33-17-15-30)13-12-22-19-28-25-5-3-2-4-23(22)25/h2-7,9,11,18-19,26,28,30H,8,10,12-17H2,1H3/b11-7+. The normalized spacial score (nSPS) is 15.5. The Bertz CT molecular complexity index is 1100. The third kappa shape index (κ3) is 5.71. The maximum atomic E-state index is 11.4. The number of aliphatic hydroxyl groups excluding tert-OH is 1. The van der Waals surface area contributed by atoms with Crippen LogP contribution in [0.15, 0.2) is 54.7 Å². The molecule has 0 bridgehead atoms. The zero-order chi connectivity index (χ0) is 23.0. The number of benzene rings is 2. The molecule has 0 amide bonds. The Morgan fingerprint density at radius 3 is 2.94 bits per heavy atom. The third-order valence-corrected chi connectivity index (χ3v) is 6.37. The first-order chi connectivity index (χ1) is 16.2. The largest absolute Gasteiger partial charge is 0.466 e. The molecule has 1 unspecified atom stereocenters. The molecule has 1 aliphatic rings. The van der Waals surface area contributed by atoms with Gasteiger partial charge in [0.15, 0.2) is 0 Å². The van der Waals surface area contributed by atoms with Gasteiger partial charge in [0.2, 0.25) is 0 Å². The first-order valence-corrected chi connectivity index (χ1v) is 11.6. The molecular formula is C27H32N2O4. The molecule has 6 nitrogen and oxygen atoms in total. The minimum atomic E-state index is -0.347. The quantitative estimate of drug-likeness (QED) is 0.264. The van der Waals surface area contributed by atoms with Crippen molar-refractivity contribution in [1.29, 1.82) is 0 Å². The van der Waals surface area contributed by atoms with E-state index < -0.39 is 0 Å². The zero-order valence-corrected chi connectivity index (χ0v) is 19.1. The van der Waals surface area contributed by atoms with Gasteiger partial charge >= 0.3 is 5.97 Å². The number of carbonyl (C=O) groups is 1. The van der Waals surface area contributed by atoms with Crippen molar-refractivity contribution in [1.82, 2.24) is 9.88 Å². The van der Waals surface area contributed by atoms with Crippen LogP contribution in [0.2, 0.25) is 0 Å². The van der Waals surface area contributed by atoms with Crippen molar-refractivity contribution < 1.29 is 19.4 Å². The van der Waals surface area contributed by atoms with E-state index in [0.29, 0.717) is 19.3 Å². The molecule has 6 heteroatoms. The summed E-state index contributed by atoms with van der Waals surface area (Å²) in [7, 11) is 1.38. The molecule has 0 saturated heterocycles. The number of aliphatic hydroxyl groups is 1. The summed E-state index contributed by atoms with van der Waals surface area (Å²) in [4.78, 5) is 17.3. The summed E-state index contributed by atoms with van der Waals surface area (Å²) < 4.78 is 10.3. The van der Waals surface area contributed by atoms with Crippen LogP contribution in [0.5, 0.6) is 0 Å². The third-order valence-electron chi connectivity index (χ3n) is 6.37. The fraction of sp³-hybridized carbons (Fsp3) is 0.370. The zero-order valence-electron chi connectivity index (χ0n) is 19.1. The second-order valence-corrected chi connectivity index (χ2v) is 8.35. The predicted molar refractivity (Wildman–Crippen MR) is 130 cm³/mol. The highest BCUT2D eigenvalue weighted by molar-refractivity contribution is 5.87. The monoisotopic (exact) mass is 448 g/mol. The van der Waals surface area contributed by atoms with Crippen LogP contribution in [0.1, 0.15) is 34.7 Å². The van der Waals surface area contributed by atoms with Crippen molar-refractivity contribution in [2.75, 3.05) is 40.0 Å². The van der Waals surface area contributed by atoms with Crippen LogP contribution < -0.4 is 0 Å². The number of aryl methyl sites for hydroxylation is 1. The molecule has 174 valence electrons. The summed E-state index contributed by atoms with van der Waals surface area (Å²) in [5, 5.41) is 10.3. The van der Waals surface area contributed by atoms with Crippen molar-refractivity contribution >= 4 is 22.9 Å². The lowest BCUT2D eigenvalue weighted by molar-refractivity contribution is -0.134. The molecule has 0 spiro atoms. The van der Waals surface area contributed by atoms with Crippen molar-refractivity contribution in [3.05, 3.63) is 77.0 Å². The lowest BCUT2D eigenvalue weighted by Crippen LogP contribution is -2.33. The number of aromatic nitrogens is 1. The van der Waals surface area contributed by atoms with Crippen molar-refractivity contribution in [3.8, 4) is 0 Å². The van der Waals surface area contributed by atoms with Gasteiger partial charge in [-0.3, -0.25) is 4.90 Å². The maximum absolute atomic E-state index is 11.4. The Morgan fingerprint density at radius 1 is 1.21 bits per heavy atom. The van der Waals surface area contributed by atoms with Crippen LogP contribution in [-0.4, -0.2) is 61.0 Å². The fourth-order valence-corrected chi connectivity index (χ4v) is 4.70. The molecule has 3 aromatic rings. The first-order valence-electron chi connectivity index (χ1n) is 11.6. The molecule has 4 rings (SSSR count). The number of ether oxygens (including phenoxy) is 2. The highest BCUT2D eigenvalue weighted by Gasteiger charge is 2.28. The van der Waals surface area contributed by atoms with Crippen LogP contribution in [0, 0.1) is 0 Å². The van der Waals surface area contributed by atoms with Gasteiger partial charge < -0.3 is 19.6 Å².